The van der Waals surface area contributed by atoms with Crippen molar-refractivity contribution in [1.29, 1.82) is 0 Å². The van der Waals surface area contributed by atoms with Gasteiger partial charge in [-0.15, -0.1) is 0 Å². The predicted molar refractivity (Wildman–Crippen MR) is 77.5 cm³/mol. The number of rotatable bonds is 5. The molecule has 1 aliphatic heterocycles. The van der Waals surface area contributed by atoms with Gasteiger partial charge in [0.25, 0.3) is 0 Å². The van der Waals surface area contributed by atoms with Crippen LogP contribution in [0.4, 0.5) is 0 Å². The third kappa shape index (κ3) is 2.96. The molecule has 2 aromatic rings. The Morgan fingerprint density at radius 3 is 3.15 bits per heavy atom. The summed E-state index contributed by atoms with van der Waals surface area (Å²) in [6.07, 6.45) is 8.36. The van der Waals surface area contributed by atoms with E-state index in [1.807, 2.05) is 18.5 Å². The second kappa shape index (κ2) is 6.27. The minimum absolute atomic E-state index is 0.585. The second-order valence-electron chi connectivity index (χ2n) is 5.50. The molecule has 1 atom stereocenters. The lowest BCUT2D eigenvalue weighted by Crippen LogP contribution is -2.22. The van der Waals surface area contributed by atoms with Gasteiger partial charge in [0, 0.05) is 37.9 Å². The van der Waals surface area contributed by atoms with Crippen LogP contribution in [0.15, 0.2) is 28.9 Å². The van der Waals surface area contributed by atoms with Crippen LogP contribution in [0.25, 0.3) is 11.6 Å². The second-order valence-corrected chi connectivity index (χ2v) is 5.50. The van der Waals surface area contributed by atoms with Gasteiger partial charge in [-0.3, -0.25) is 0 Å². The topological polar surface area (TPSA) is 40.2 Å². The molecule has 0 amide bonds. The van der Waals surface area contributed by atoms with Crippen LogP contribution in [0.2, 0.25) is 0 Å². The zero-order valence-corrected chi connectivity index (χ0v) is 12.0. The van der Waals surface area contributed by atoms with Crippen molar-refractivity contribution < 1.29 is 9.15 Å². The lowest BCUT2D eigenvalue weighted by molar-refractivity contribution is 0.0485. The van der Waals surface area contributed by atoms with E-state index in [0.29, 0.717) is 5.92 Å². The summed E-state index contributed by atoms with van der Waals surface area (Å²) in [4.78, 5) is 4.45. The molecular formula is C16H22N2O2. The van der Waals surface area contributed by atoms with Gasteiger partial charge in [0.1, 0.15) is 5.76 Å². The Labute approximate surface area is 119 Å². The van der Waals surface area contributed by atoms with E-state index in [1.165, 1.54) is 6.42 Å². The van der Waals surface area contributed by atoms with Crippen LogP contribution in [0, 0.1) is 5.92 Å². The largest absolute Gasteiger partial charge is 0.458 e. The first-order valence-electron chi connectivity index (χ1n) is 7.54. The molecule has 1 fully saturated rings. The monoisotopic (exact) mass is 274 g/mol. The van der Waals surface area contributed by atoms with Gasteiger partial charge in [0.2, 0.25) is 0 Å². The Morgan fingerprint density at radius 1 is 1.40 bits per heavy atom. The van der Waals surface area contributed by atoms with Gasteiger partial charge in [0.05, 0.1) is 6.61 Å². The number of ether oxygens (including phenoxy) is 1. The highest BCUT2D eigenvalue weighted by Gasteiger charge is 2.17. The summed E-state index contributed by atoms with van der Waals surface area (Å²) < 4.78 is 13.6. The summed E-state index contributed by atoms with van der Waals surface area (Å²) in [6, 6.07) is 4.09. The van der Waals surface area contributed by atoms with E-state index in [4.69, 9.17) is 9.15 Å². The molecule has 2 aromatic heterocycles. The van der Waals surface area contributed by atoms with E-state index in [2.05, 4.69) is 22.5 Å². The van der Waals surface area contributed by atoms with Crippen molar-refractivity contribution in [2.24, 2.45) is 5.92 Å². The normalized spacial score (nSPS) is 19.4. The van der Waals surface area contributed by atoms with Gasteiger partial charge >= 0.3 is 0 Å². The molecule has 20 heavy (non-hydrogen) atoms. The van der Waals surface area contributed by atoms with Crippen LogP contribution >= 0.6 is 0 Å². The Kier molecular flexibility index (Phi) is 4.21. The maximum atomic E-state index is 5.88. The zero-order chi connectivity index (χ0) is 13.8. The van der Waals surface area contributed by atoms with Crippen molar-refractivity contribution in [2.45, 2.75) is 39.2 Å². The SMILES string of the molecule is CCCc1ccc(-c2nccn2C[C@@H]2CCCOC2)o1. The highest BCUT2D eigenvalue weighted by molar-refractivity contribution is 5.47. The number of aromatic nitrogens is 2. The zero-order valence-electron chi connectivity index (χ0n) is 12.0. The minimum atomic E-state index is 0.585. The molecule has 1 saturated heterocycles. The summed E-state index contributed by atoms with van der Waals surface area (Å²) in [7, 11) is 0. The number of nitrogens with zero attached hydrogens (tertiary/aromatic N) is 2. The smallest absolute Gasteiger partial charge is 0.176 e. The van der Waals surface area contributed by atoms with Crippen LogP contribution in [0.1, 0.15) is 31.9 Å². The van der Waals surface area contributed by atoms with Crippen LogP contribution in [0.5, 0.6) is 0 Å². The van der Waals surface area contributed by atoms with E-state index < -0.39 is 0 Å². The number of hydrogen-bond donors (Lipinski definition) is 0. The fraction of sp³-hybridized carbons (Fsp3) is 0.562. The summed E-state index contributed by atoms with van der Waals surface area (Å²) in [5.74, 6) is 3.42. The number of imidazole rings is 1. The van der Waals surface area contributed by atoms with E-state index in [1.54, 1.807) is 0 Å². The molecule has 3 rings (SSSR count). The minimum Gasteiger partial charge on any atom is -0.458 e. The summed E-state index contributed by atoms with van der Waals surface area (Å²) in [5, 5.41) is 0. The summed E-state index contributed by atoms with van der Waals surface area (Å²) >= 11 is 0. The van der Waals surface area contributed by atoms with Gasteiger partial charge in [-0.25, -0.2) is 4.98 Å². The Balaban J connectivity index is 1.74. The number of aryl methyl sites for hydroxylation is 1. The standard InChI is InChI=1S/C16H22N2O2/c1-2-4-14-6-7-15(20-14)16-17-8-9-18(16)11-13-5-3-10-19-12-13/h6-9,13H,2-5,10-12H2,1H3/t13-/m0/s1. The molecule has 1 aliphatic rings. The van der Waals surface area contributed by atoms with Crippen molar-refractivity contribution in [2.75, 3.05) is 13.2 Å². The van der Waals surface area contributed by atoms with Crippen molar-refractivity contribution >= 4 is 0 Å². The van der Waals surface area contributed by atoms with Gasteiger partial charge in [0.15, 0.2) is 11.6 Å². The number of furan rings is 1. The molecule has 0 aromatic carbocycles. The molecular weight excluding hydrogens is 252 g/mol. The molecule has 4 nitrogen and oxygen atoms in total. The number of hydrogen-bond acceptors (Lipinski definition) is 3. The Morgan fingerprint density at radius 2 is 2.35 bits per heavy atom. The quantitative estimate of drug-likeness (QED) is 0.837. The average molecular weight is 274 g/mol. The molecule has 0 N–H and O–H groups in total. The van der Waals surface area contributed by atoms with Crippen molar-refractivity contribution in [3.8, 4) is 11.6 Å². The van der Waals surface area contributed by atoms with E-state index in [0.717, 1.165) is 56.4 Å². The molecule has 0 unspecified atom stereocenters. The summed E-state index contributed by atoms with van der Waals surface area (Å²) in [6.45, 7) is 4.88. The lowest BCUT2D eigenvalue weighted by Gasteiger charge is -2.22. The first-order chi connectivity index (χ1) is 9.86. The molecule has 108 valence electrons. The van der Waals surface area contributed by atoms with Gasteiger partial charge in [-0.1, -0.05) is 6.92 Å². The third-order valence-electron chi connectivity index (χ3n) is 3.80. The maximum Gasteiger partial charge on any atom is 0.176 e. The third-order valence-corrected chi connectivity index (χ3v) is 3.80. The molecule has 0 radical (unpaired) electrons. The first kappa shape index (κ1) is 13.4. The van der Waals surface area contributed by atoms with Gasteiger partial charge in [-0.05, 0) is 31.4 Å². The lowest BCUT2D eigenvalue weighted by atomic mass is 10.0. The fourth-order valence-corrected chi connectivity index (χ4v) is 2.79. The van der Waals surface area contributed by atoms with E-state index in [9.17, 15) is 0 Å². The fourth-order valence-electron chi connectivity index (χ4n) is 2.79. The molecule has 4 heteroatoms. The van der Waals surface area contributed by atoms with Crippen LogP contribution in [-0.2, 0) is 17.7 Å². The Bertz CT molecular complexity index is 538. The molecule has 0 aliphatic carbocycles. The van der Waals surface area contributed by atoms with Crippen molar-refractivity contribution in [1.82, 2.24) is 9.55 Å². The maximum absolute atomic E-state index is 5.88. The van der Waals surface area contributed by atoms with E-state index in [-0.39, 0.29) is 0 Å². The van der Waals surface area contributed by atoms with Crippen molar-refractivity contribution in [3.63, 3.8) is 0 Å². The van der Waals surface area contributed by atoms with E-state index >= 15 is 0 Å². The molecule has 0 saturated carbocycles. The highest BCUT2D eigenvalue weighted by Crippen LogP contribution is 2.24. The molecule has 0 bridgehead atoms. The van der Waals surface area contributed by atoms with Crippen LogP contribution in [-0.4, -0.2) is 22.8 Å². The van der Waals surface area contributed by atoms with Crippen LogP contribution in [0.3, 0.4) is 0 Å². The Hall–Kier alpha value is -1.55. The van der Waals surface area contributed by atoms with Crippen LogP contribution < -0.4 is 0 Å². The molecule has 3 heterocycles. The van der Waals surface area contributed by atoms with Crippen molar-refractivity contribution in [3.05, 3.63) is 30.3 Å². The van der Waals surface area contributed by atoms with Gasteiger partial charge in [-0.2, -0.15) is 0 Å². The average Bonchev–Trinajstić information content (AvgIpc) is 3.09. The predicted octanol–water partition coefficient (Wildman–Crippen LogP) is 3.52. The first-order valence-corrected chi connectivity index (χ1v) is 7.54. The highest BCUT2D eigenvalue weighted by atomic mass is 16.5. The van der Waals surface area contributed by atoms with Gasteiger partial charge < -0.3 is 13.7 Å². The summed E-state index contributed by atoms with van der Waals surface area (Å²) in [5.41, 5.74) is 0. The molecule has 0 spiro atoms.